The van der Waals surface area contributed by atoms with Crippen LogP contribution in [0.4, 0.5) is 5.82 Å². The minimum atomic E-state index is -0.728. The number of benzene rings is 1. The van der Waals surface area contributed by atoms with Gasteiger partial charge in [-0.25, -0.2) is 0 Å². The van der Waals surface area contributed by atoms with Crippen molar-refractivity contribution in [2.75, 3.05) is 5.32 Å². The highest BCUT2D eigenvalue weighted by atomic mass is 32.1. The normalized spacial score (nSPS) is 11.7. The third-order valence-corrected chi connectivity index (χ3v) is 4.40. The van der Waals surface area contributed by atoms with Gasteiger partial charge >= 0.3 is 0 Å². The van der Waals surface area contributed by atoms with E-state index in [2.05, 4.69) is 15.8 Å². The van der Waals surface area contributed by atoms with E-state index in [1.807, 2.05) is 35.7 Å². The van der Waals surface area contributed by atoms with Crippen molar-refractivity contribution in [2.24, 2.45) is 0 Å². The number of anilines is 1. The molecule has 0 unspecified atom stereocenters. The summed E-state index contributed by atoms with van der Waals surface area (Å²) in [4.78, 5) is 25.5. The summed E-state index contributed by atoms with van der Waals surface area (Å²) in [5, 5.41) is 11.0. The summed E-state index contributed by atoms with van der Waals surface area (Å²) < 4.78 is 4.95. The fourth-order valence-electron chi connectivity index (χ4n) is 2.33. The first-order chi connectivity index (χ1) is 12.1. The van der Waals surface area contributed by atoms with Crippen LogP contribution in [0.15, 0.2) is 58.4 Å². The van der Waals surface area contributed by atoms with Gasteiger partial charge in [0.2, 0.25) is 5.91 Å². The molecule has 2 amide bonds. The Kier molecular flexibility index (Phi) is 5.25. The number of nitrogens with one attached hydrogen (secondary N) is 2. The van der Waals surface area contributed by atoms with E-state index in [1.54, 1.807) is 25.1 Å². The zero-order valence-electron chi connectivity index (χ0n) is 13.6. The lowest BCUT2D eigenvalue weighted by Crippen LogP contribution is -2.45. The van der Waals surface area contributed by atoms with Gasteiger partial charge in [0, 0.05) is 12.5 Å². The SMILES string of the molecule is Cc1cc(NC(=O)[C@H](Cc2ccccc2)NC(=O)c2cccs2)no1. The molecule has 128 valence electrons. The molecule has 0 aliphatic heterocycles. The molecule has 25 heavy (non-hydrogen) atoms. The van der Waals surface area contributed by atoms with E-state index >= 15 is 0 Å². The molecule has 2 heterocycles. The van der Waals surface area contributed by atoms with Crippen LogP contribution in [0, 0.1) is 6.92 Å². The summed E-state index contributed by atoms with van der Waals surface area (Å²) in [6.07, 6.45) is 0.376. The number of carbonyl (C=O) groups excluding carboxylic acids is 2. The summed E-state index contributed by atoms with van der Waals surface area (Å²) >= 11 is 1.33. The summed E-state index contributed by atoms with van der Waals surface area (Å²) in [6.45, 7) is 1.74. The van der Waals surface area contributed by atoms with Crippen molar-refractivity contribution in [3.8, 4) is 0 Å². The second-order valence-electron chi connectivity index (χ2n) is 5.51. The van der Waals surface area contributed by atoms with Crippen LogP contribution in [-0.2, 0) is 11.2 Å². The molecule has 7 heteroatoms. The highest BCUT2D eigenvalue weighted by Crippen LogP contribution is 2.12. The molecule has 0 bridgehead atoms. The highest BCUT2D eigenvalue weighted by molar-refractivity contribution is 7.12. The number of amides is 2. The van der Waals surface area contributed by atoms with Crippen LogP contribution in [0.3, 0.4) is 0 Å². The molecule has 3 rings (SSSR count). The number of hydrogen-bond donors (Lipinski definition) is 2. The minimum Gasteiger partial charge on any atom is -0.360 e. The number of aromatic nitrogens is 1. The molecule has 2 N–H and O–H groups in total. The first-order valence-electron chi connectivity index (χ1n) is 7.74. The molecular weight excluding hydrogens is 338 g/mol. The van der Waals surface area contributed by atoms with Crippen molar-refractivity contribution in [3.63, 3.8) is 0 Å². The maximum Gasteiger partial charge on any atom is 0.262 e. The number of thiophene rings is 1. The van der Waals surface area contributed by atoms with Crippen molar-refractivity contribution < 1.29 is 14.1 Å². The molecule has 6 nitrogen and oxygen atoms in total. The van der Waals surface area contributed by atoms with Crippen LogP contribution in [0.2, 0.25) is 0 Å². The van der Waals surface area contributed by atoms with E-state index in [1.165, 1.54) is 11.3 Å². The molecule has 0 radical (unpaired) electrons. The Morgan fingerprint density at radius 2 is 2.00 bits per heavy atom. The molecule has 1 aromatic carbocycles. The first-order valence-corrected chi connectivity index (χ1v) is 8.62. The fraction of sp³-hybridized carbons (Fsp3) is 0.167. The summed E-state index contributed by atoms with van der Waals surface area (Å²) in [5.41, 5.74) is 0.950. The Balaban J connectivity index is 1.75. The summed E-state index contributed by atoms with van der Waals surface area (Å²) in [5.74, 6) is 0.299. The van der Waals surface area contributed by atoms with Crippen LogP contribution in [0.25, 0.3) is 0 Å². The van der Waals surface area contributed by atoms with Crippen LogP contribution < -0.4 is 10.6 Å². The lowest BCUT2D eigenvalue weighted by atomic mass is 10.1. The molecule has 3 aromatic rings. The molecule has 0 fully saturated rings. The number of aryl methyl sites for hydroxylation is 1. The van der Waals surface area contributed by atoms with Crippen LogP contribution >= 0.6 is 11.3 Å². The van der Waals surface area contributed by atoms with Gasteiger partial charge in [-0.05, 0) is 23.9 Å². The van der Waals surface area contributed by atoms with Gasteiger partial charge < -0.3 is 15.2 Å². The Bertz CT molecular complexity index is 844. The molecule has 0 spiro atoms. The highest BCUT2D eigenvalue weighted by Gasteiger charge is 2.23. The standard InChI is InChI=1S/C18H17N3O3S/c1-12-10-16(21-24-12)20-17(22)14(11-13-6-3-2-4-7-13)19-18(23)15-8-5-9-25-15/h2-10,14H,11H2,1H3,(H,19,23)(H,20,21,22)/t14-/m0/s1. The average molecular weight is 355 g/mol. The van der Waals surface area contributed by atoms with Gasteiger partial charge in [-0.1, -0.05) is 41.6 Å². The largest absolute Gasteiger partial charge is 0.360 e. The van der Waals surface area contributed by atoms with E-state index < -0.39 is 6.04 Å². The van der Waals surface area contributed by atoms with E-state index in [0.29, 0.717) is 22.9 Å². The number of carbonyl (C=O) groups is 2. The van der Waals surface area contributed by atoms with Crippen molar-refractivity contribution in [2.45, 2.75) is 19.4 Å². The minimum absolute atomic E-state index is 0.276. The smallest absolute Gasteiger partial charge is 0.262 e. The van der Waals surface area contributed by atoms with Crippen LogP contribution in [-0.4, -0.2) is 23.0 Å². The van der Waals surface area contributed by atoms with Crippen molar-refractivity contribution in [3.05, 3.63) is 70.1 Å². The lowest BCUT2D eigenvalue weighted by Gasteiger charge is -2.17. The molecule has 0 aliphatic rings. The molecule has 0 saturated carbocycles. The Morgan fingerprint density at radius 1 is 1.20 bits per heavy atom. The maximum absolute atomic E-state index is 12.6. The van der Waals surface area contributed by atoms with Crippen LogP contribution in [0.5, 0.6) is 0 Å². The Labute approximate surface area is 148 Å². The zero-order chi connectivity index (χ0) is 17.6. The van der Waals surface area contributed by atoms with Crippen LogP contribution in [0.1, 0.15) is 21.0 Å². The van der Waals surface area contributed by atoms with Gasteiger partial charge in [-0.15, -0.1) is 11.3 Å². The zero-order valence-corrected chi connectivity index (χ0v) is 14.4. The Morgan fingerprint density at radius 3 is 2.64 bits per heavy atom. The third kappa shape index (κ3) is 4.54. The topological polar surface area (TPSA) is 84.2 Å². The predicted molar refractivity (Wildman–Crippen MR) is 95.6 cm³/mol. The lowest BCUT2D eigenvalue weighted by molar-refractivity contribution is -0.118. The van der Waals surface area contributed by atoms with E-state index in [-0.39, 0.29) is 11.8 Å². The first kappa shape index (κ1) is 16.9. The van der Waals surface area contributed by atoms with E-state index in [0.717, 1.165) is 5.56 Å². The monoisotopic (exact) mass is 355 g/mol. The van der Waals surface area contributed by atoms with Gasteiger partial charge in [0.15, 0.2) is 5.82 Å². The van der Waals surface area contributed by atoms with Gasteiger partial charge in [-0.2, -0.15) is 0 Å². The molecule has 2 aromatic heterocycles. The average Bonchev–Trinajstić information content (AvgIpc) is 3.27. The maximum atomic E-state index is 12.6. The number of nitrogens with zero attached hydrogens (tertiary/aromatic N) is 1. The molecule has 0 saturated heterocycles. The number of rotatable bonds is 6. The van der Waals surface area contributed by atoms with Crippen molar-refractivity contribution in [1.82, 2.24) is 10.5 Å². The van der Waals surface area contributed by atoms with Crippen molar-refractivity contribution >= 4 is 29.0 Å². The summed E-state index contributed by atoms with van der Waals surface area (Å²) in [7, 11) is 0. The molecular formula is C18H17N3O3S. The second-order valence-corrected chi connectivity index (χ2v) is 6.45. The van der Waals surface area contributed by atoms with Gasteiger partial charge in [0.1, 0.15) is 11.8 Å². The van der Waals surface area contributed by atoms with Gasteiger partial charge in [0.25, 0.3) is 5.91 Å². The molecule has 1 atom stereocenters. The van der Waals surface area contributed by atoms with Gasteiger partial charge in [-0.3, -0.25) is 9.59 Å². The van der Waals surface area contributed by atoms with E-state index in [4.69, 9.17) is 4.52 Å². The predicted octanol–water partition coefficient (Wildman–Crippen LogP) is 3.02. The summed E-state index contributed by atoms with van der Waals surface area (Å²) in [6, 6.07) is 13.9. The number of hydrogen-bond acceptors (Lipinski definition) is 5. The van der Waals surface area contributed by atoms with Gasteiger partial charge in [0.05, 0.1) is 4.88 Å². The quantitative estimate of drug-likeness (QED) is 0.712. The second kappa shape index (κ2) is 7.76. The Hall–Kier alpha value is -2.93. The van der Waals surface area contributed by atoms with Crippen molar-refractivity contribution in [1.29, 1.82) is 0 Å². The fourth-order valence-corrected chi connectivity index (χ4v) is 2.96. The third-order valence-electron chi connectivity index (χ3n) is 3.53. The molecule has 0 aliphatic carbocycles. The van der Waals surface area contributed by atoms with E-state index in [9.17, 15) is 9.59 Å².